The molecule has 0 radical (unpaired) electrons. The summed E-state index contributed by atoms with van der Waals surface area (Å²) in [5, 5.41) is 5.98. The first-order valence-electron chi connectivity index (χ1n) is 11.8. The number of rotatable bonds is 8. The third kappa shape index (κ3) is 8.06. The maximum atomic E-state index is 12.2. The second-order valence-electron chi connectivity index (χ2n) is 9.65. The molecule has 0 aromatic heterocycles. The largest absolute Gasteiger partial charge is 0.493 e. The van der Waals surface area contributed by atoms with E-state index >= 15 is 0 Å². The molecular weight excluding hydrogens is 432 g/mol. The van der Waals surface area contributed by atoms with Gasteiger partial charge in [-0.15, -0.1) is 0 Å². The van der Waals surface area contributed by atoms with Gasteiger partial charge >= 0.3 is 12.1 Å². The molecule has 0 bridgehead atoms. The zero-order valence-corrected chi connectivity index (χ0v) is 20.6. The van der Waals surface area contributed by atoms with Crippen molar-refractivity contribution in [3.05, 3.63) is 54.1 Å². The summed E-state index contributed by atoms with van der Waals surface area (Å²) in [6, 6.07) is 15.2. The monoisotopic (exact) mass is 468 g/mol. The molecule has 2 aromatic rings. The zero-order valence-electron chi connectivity index (χ0n) is 20.6. The summed E-state index contributed by atoms with van der Waals surface area (Å²) in [5.41, 5.74) is 2.39. The summed E-state index contributed by atoms with van der Waals surface area (Å²) < 4.78 is 16.1. The van der Waals surface area contributed by atoms with E-state index in [4.69, 9.17) is 14.2 Å². The number of hydrogen-bond acceptors (Lipinski definition) is 6. The van der Waals surface area contributed by atoms with Gasteiger partial charge in [-0.1, -0.05) is 36.4 Å². The van der Waals surface area contributed by atoms with Crippen molar-refractivity contribution in [2.45, 2.75) is 51.7 Å². The highest BCUT2D eigenvalue weighted by Gasteiger charge is 2.25. The number of ether oxygens (including phenoxy) is 3. The SMILES string of the molecule is COC(=O)[C@H](Cc1ccc(-c2ccc(OCC3CCNCC3)cc2)cc1)NC(=O)OC(C)(C)C. The fraction of sp³-hybridized carbons (Fsp3) is 0.481. The van der Waals surface area contributed by atoms with Gasteiger partial charge in [0.15, 0.2) is 0 Å². The molecule has 34 heavy (non-hydrogen) atoms. The molecule has 7 nitrogen and oxygen atoms in total. The maximum Gasteiger partial charge on any atom is 0.408 e. The van der Waals surface area contributed by atoms with Gasteiger partial charge in [0.2, 0.25) is 0 Å². The Balaban J connectivity index is 1.58. The van der Waals surface area contributed by atoms with E-state index in [0.717, 1.165) is 55.0 Å². The normalized spacial score (nSPS) is 15.3. The van der Waals surface area contributed by atoms with Crippen LogP contribution in [0.15, 0.2) is 48.5 Å². The van der Waals surface area contributed by atoms with E-state index in [-0.39, 0.29) is 0 Å². The Labute approximate surface area is 202 Å². The van der Waals surface area contributed by atoms with Gasteiger partial charge in [-0.05, 0) is 81.4 Å². The van der Waals surface area contributed by atoms with Crippen LogP contribution in [0.3, 0.4) is 0 Å². The lowest BCUT2D eigenvalue weighted by Crippen LogP contribution is -2.45. The lowest BCUT2D eigenvalue weighted by atomic mass is 9.99. The first-order chi connectivity index (χ1) is 16.2. The summed E-state index contributed by atoms with van der Waals surface area (Å²) in [6.07, 6.45) is 1.97. The molecule has 0 saturated carbocycles. The van der Waals surface area contributed by atoms with Gasteiger partial charge in [0.05, 0.1) is 13.7 Å². The molecule has 1 aliphatic rings. The molecule has 0 aliphatic carbocycles. The Kier molecular flexibility index (Phi) is 8.93. The van der Waals surface area contributed by atoms with E-state index in [1.54, 1.807) is 20.8 Å². The minimum atomic E-state index is -0.831. The molecule has 1 fully saturated rings. The summed E-state index contributed by atoms with van der Waals surface area (Å²) >= 11 is 0. The number of carbonyl (C=O) groups is 2. The molecule has 2 aromatic carbocycles. The van der Waals surface area contributed by atoms with Gasteiger partial charge in [-0.25, -0.2) is 9.59 Å². The highest BCUT2D eigenvalue weighted by atomic mass is 16.6. The number of amides is 1. The number of carbonyl (C=O) groups excluding carboxylic acids is 2. The summed E-state index contributed by atoms with van der Waals surface area (Å²) in [6.45, 7) is 8.21. The highest BCUT2D eigenvalue weighted by Crippen LogP contribution is 2.24. The molecule has 1 heterocycles. The molecule has 1 amide bonds. The number of piperidine rings is 1. The first kappa shape index (κ1) is 25.6. The molecule has 1 saturated heterocycles. The van der Waals surface area contributed by atoms with E-state index < -0.39 is 23.7 Å². The number of nitrogens with one attached hydrogen (secondary N) is 2. The highest BCUT2D eigenvalue weighted by molar-refractivity contribution is 5.81. The second kappa shape index (κ2) is 11.9. The standard InChI is InChI=1S/C27H36N2O5/c1-27(2,3)34-26(31)29-24(25(30)32-4)17-19-5-7-21(8-6-19)22-9-11-23(12-10-22)33-18-20-13-15-28-16-14-20/h5-12,20,24,28H,13-18H2,1-4H3,(H,29,31)/t24-/m0/s1. The molecule has 1 atom stereocenters. The van der Waals surface area contributed by atoms with Gasteiger partial charge in [-0.2, -0.15) is 0 Å². The van der Waals surface area contributed by atoms with Gasteiger partial charge in [0.25, 0.3) is 0 Å². The zero-order chi connectivity index (χ0) is 24.6. The van der Waals surface area contributed by atoms with E-state index in [1.165, 1.54) is 7.11 Å². The van der Waals surface area contributed by atoms with Crippen molar-refractivity contribution in [3.63, 3.8) is 0 Å². The minimum absolute atomic E-state index is 0.301. The Morgan fingerprint density at radius 2 is 1.59 bits per heavy atom. The van der Waals surface area contributed by atoms with Crippen LogP contribution in [0, 0.1) is 5.92 Å². The molecule has 0 unspecified atom stereocenters. The van der Waals surface area contributed by atoms with Crippen molar-refractivity contribution < 1.29 is 23.8 Å². The average Bonchev–Trinajstić information content (AvgIpc) is 2.82. The van der Waals surface area contributed by atoms with Crippen LogP contribution in [0.4, 0.5) is 4.79 Å². The van der Waals surface area contributed by atoms with Gasteiger partial charge in [0, 0.05) is 6.42 Å². The predicted octanol–water partition coefficient (Wildman–Crippen LogP) is 4.34. The number of hydrogen-bond donors (Lipinski definition) is 2. The van der Waals surface area contributed by atoms with Crippen molar-refractivity contribution in [1.82, 2.24) is 10.6 Å². The Morgan fingerprint density at radius 3 is 2.15 bits per heavy atom. The van der Waals surface area contributed by atoms with E-state index in [1.807, 2.05) is 48.5 Å². The lowest BCUT2D eigenvalue weighted by Gasteiger charge is -2.22. The number of methoxy groups -OCH3 is 1. The third-order valence-corrected chi connectivity index (χ3v) is 5.70. The van der Waals surface area contributed by atoms with Crippen molar-refractivity contribution in [1.29, 1.82) is 0 Å². The van der Waals surface area contributed by atoms with Crippen molar-refractivity contribution >= 4 is 12.1 Å². The van der Waals surface area contributed by atoms with Crippen LogP contribution in [0.1, 0.15) is 39.2 Å². The fourth-order valence-corrected chi connectivity index (χ4v) is 3.86. The smallest absolute Gasteiger partial charge is 0.408 e. The first-order valence-corrected chi connectivity index (χ1v) is 11.8. The molecule has 7 heteroatoms. The topological polar surface area (TPSA) is 85.9 Å². The van der Waals surface area contributed by atoms with Crippen LogP contribution in [0.2, 0.25) is 0 Å². The molecule has 2 N–H and O–H groups in total. The average molecular weight is 469 g/mol. The van der Waals surface area contributed by atoms with E-state index in [9.17, 15) is 9.59 Å². The minimum Gasteiger partial charge on any atom is -0.493 e. The molecule has 184 valence electrons. The van der Waals surface area contributed by atoms with Crippen LogP contribution in [-0.4, -0.2) is 50.5 Å². The molecule has 1 aliphatic heterocycles. The van der Waals surface area contributed by atoms with Crippen LogP contribution in [0.5, 0.6) is 5.75 Å². The molecule has 0 spiro atoms. The van der Waals surface area contributed by atoms with E-state index in [2.05, 4.69) is 10.6 Å². The summed E-state index contributed by atoms with van der Waals surface area (Å²) in [7, 11) is 1.30. The molecule has 3 rings (SSSR count). The number of alkyl carbamates (subject to hydrolysis) is 1. The van der Waals surface area contributed by atoms with Crippen LogP contribution >= 0.6 is 0 Å². The Morgan fingerprint density at radius 1 is 1.00 bits per heavy atom. The summed E-state index contributed by atoms with van der Waals surface area (Å²) in [5.74, 6) is 0.982. The fourth-order valence-electron chi connectivity index (χ4n) is 3.86. The van der Waals surface area contributed by atoms with Gasteiger partial charge in [-0.3, -0.25) is 0 Å². The van der Waals surface area contributed by atoms with Crippen molar-refractivity contribution in [2.75, 3.05) is 26.8 Å². The van der Waals surface area contributed by atoms with Crippen LogP contribution < -0.4 is 15.4 Å². The van der Waals surface area contributed by atoms with Crippen LogP contribution in [-0.2, 0) is 20.7 Å². The number of esters is 1. The van der Waals surface area contributed by atoms with Gasteiger partial charge in [0.1, 0.15) is 17.4 Å². The quantitative estimate of drug-likeness (QED) is 0.561. The maximum absolute atomic E-state index is 12.2. The van der Waals surface area contributed by atoms with Crippen molar-refractivity contribution in [2.24, 2.45) is 5.92 Å². The van der Waals surface area contributed by atoms with Crippen molar-refractivity contribution in [3.8, 4) is 16.9 Å². The second-order valence-corrected chi connectivity index (χ2v) is 9.65. The Bertz CT molecular complexity index is 929. The number of benzene rings is 2. The molecular formula is C27H36N2O5. The lowest BCUT2D eigenvalue weighted by molar-refractivity contribution is -0.143. The van der Waals surface area contributed by atoms with Crippen LogP contribution in [0.25, 0.3) is 11.1 Å². The van der Waals surface area contributed by atoms with E-state index in [0.29, 0.717) is 12.3 Å². The Hall–Kier alpha value is -3.06. The predicted molar refractivity (Wildman–Crippen MR) is 132 cm³/mol. The van der Waals surface area contributed by atoms with Gasteiger partial charge < -0.3 is 24.8 Å². The third-order valence-electron chi connectivity index (χ3n) is 5.70. The summed E-state index contributed by atoms with van der Waals surface area (Å²) in [4.78, 5) is 24.3.